The molecule has 1 amide bonds. The molecule has 0 atom stereocenters. The third-order valence-corrected chi connectivity index (χ3v) is 4.16. The van der Waals surface area contributed by atoms with E-state index in [1.807, 2.05) is 51.1 Å². The van der Waals surface area contributed by atoms with Crippen LogP contribution in [-0.2, 0) is 19.9 Å². The summed E-state index contributed by atoms with van der Waals surface area (Å²) in [5.41, 5.74) is 0.0334. The third-order valence-electron chi connectivity index (χ3n) is 4.16. The standard InChI is InChI=1S/C20H27NO4/c1-15(2)17(22)24-20(16-9-7-6-8-10-16)11-13-21(14-12-20)18(23)25-19(3,4)5/h6-10H,1,11-14H2,2-5H3. The highest BCUT2D eigenvalue weighted by atomic mass is 16.6. The van der Waals surface area contributed by atoms with Crippen LogP contribution in [0.1, 0.15) is 46.1 Å². The summed E-state index contributed by atoms with van der Waals surface area (Å²) in [4.78, 5) is 26.1. The average molecular weight is 345 g/mol. The van der Waals surface area contributed by atoms with Crippen molar-refractivity contribution >= 4 is 12.1 Å². The fraction of sp³-hybridized carbons (Fsp3) is 0.500. The number of esters is 1. The van der Waals surface area contributed by atoms with Gasteiger partial charge in [-0.05, 0) is 33.3 Å². The van der Waals surface area contributed by atoms with E-state index in [-0.39, 0.29) is 6.09 Å². The van der Waals surface area contributed by atoms with Gasteiger partial charge in [-0.2, -0.15) is 0 Å². The molecular formula is C20H27NO4. The lowest BCUT2D eigenvalue weighted by Gasteiger charge is -2.41. The molecule has 136 valence electrons. The number of amides is 1. The summed E-state index contributed by atoms with van der Waals surface area (Å²) in [5, 5.41) is 0. The van der Waals surface area contributed by atoms with Gasteiger partial charge < -0.3 is 14.4 Å². The molecule has 1 aromatic rings. The van der Waals surface area contributed by atoms with Crippen molar-refractivity contribution in [3.05, 3.63) is 48.0 Å². The van der Waals surface area contributed by atoms with Crippen LogP contribution in [0.15, 0.2) is 42.5 Å². The lowest BCUT2D eigenvalue weighted by atomic mass is 9.84. The van der Waals surface area contributed by atoms with E-state index in [2.05, 4.69) is 6.58 Å². The van der Waals surface area contributed by atoms with E-state index in [4.69, 9.17) is 9.47 Å². The first-order valence-electron chi connectivity index (χ1n) is 8.55. The van der Waals surface area contributed by atoms with Crippen molar-refractivity contribution in [2.24, 2.45) is 0 Å². The van der Waals surface area contributed by atoms with Gasteiger partial charge in [0.25, 0.3) is 0 Å². The Bertz CT molecular complexity index is 637. The highest BCUT2D eigenvalue weighted by molar-refractivity contribution is 5.87. The zero-order valence-corrected chi connectivity index (χ0v) is 15.5. The number of nitrogens with zero attached hydrogens (tertiary/aromatic N) is 1. The summed E-state index contributed by atoms with van der Waals surface area (Å²) in [6.07, 6.45) is 0.713. The summed E-state index contributed by atoms with van der Waals surface area (Å²) in [7, 11) is 0. The number of hydrogen-bond donors (Lipinski definition) is 0. The molecule has 0 aromatic heterocycles. The van der Waals surface area contributed by atoms with Crippen molar-refractivity contribution in [3.63, 3.8) is 0 Å². The Morgan fingerprint density at radius 2 is 1.68 bits per heavy atom. The maximum atomic E-state index is 12.3. The molecule has 1 saturated heterocycles. The van der Waals surface area contributed by atoms with Crippen LogP contribution in [0.3, 0.4) is 0 Å². The van der Waals surface area contributed by atoms with E-state index >= 15 is 0 Å². The number of benzene rings is 1. The number of carbonyl (C=O) groups is 2. The maximum absolute atomic E-state index is 12.3. The second-order valence-corrected chi connectivity index (χ2v) is 7.50. The lowest BCUT2D eigenvalue weighted by molar-refractivity contribution is -0.161. The number of rotatable bonds is 3. The van der Waals surface area contributed by atoms with Crippen LogP contribution in [0.2, 0.25) is 0 Å². The highest BCUT2D eigenvalue weighted by Gasteiger charge is 2.41. The zero-order chi connectivity index (χ0) is 18.7. The van der Waals surface area contributed by atoms with Crippen LogP contribution >= 0.6 is 0 Å². The first kappa shape index (κ1) is 19.0. The molecule has 1 aromatic carbocycles. The van der Waals surface area contributed by atoms with Gasteiger partial charge in [0.05, 0.1) is 0 Å². The Kier molecular flexibility index (Phi) is 5.55. The molecule has 5 nitrogen and oxygen atoms in total. The maximum Gasteiger partial charge on any atom is 0.410 e. The summed E-state index contributed by atoms with van der Waals surface area (Å²) in [6, 6.07) is 9.68. The fourth-order valence-electron chi connectivity index (χ4n) is 2.83. The molecule has 5 heteroatoms. The van der Waals surface area contributed by atoms with Crippen molar-refractivity contribution in [1.29, 1.82) is 0 Å². The minimum Gasteiger partial charge on any atom is -0.451 e. The Hall–Kier alpha value is -2.30. The van der Waals surface area contributed by atoms with Crippen molar-refractivity contribution in [1.82, 2.24) is 4.90 Å². The molecule has 0 N–H and O–H groups in total. The number of carbonyl (C=O) groups excluding carboxylic acids is 2. The second-order valence-electron chi connectivity index (χ2n) is 7.50. The summed E-state index contributed by atoms with van der Waals surface area (Å²) in [5.74, 6) is -0.408. The predicted molar refractivity (Wildman–Crippen MR) is 96.1 cm³/mol. The highest BCUT2D eigenvalue weighted by Crippen LogP contribution is 2.37. The van der Waals surface area contributed by atoms with Gasteiger partial charge in [0.15, 0.2) is 0 Å². The Balaban J connectivity index is 2.17. The molecule has 1 fully saturated rings. The fourth-order valence-corrected chi connectivity index (χ4v) is 2.83. The van der Waals surface area contributed by atoms with Crippen molar-refractivity contribution < 1.29 is 19.1 Å². The molecule has 1 aliphatic rings. The molecular weight excluding hydrogens is 318 g/mol. The molecule has 0 saturated carbocycles. The summed E-state index contributed by atoms with van der Waals surface area (Å²) >= 11 is 0. The van der Waals surface area contributed by atoms with Crippen LogP contribution < -0.4 is 0 Å². The van der Waals surface area contributed by atoms with Gasteiger partial charge in [-0.1, -0.05) is 36.9 Å². The number of hydrogen-bond acceptors (Lipinski definition) is 4. The van der Waals surface area contributed by atoms with Gasteiger partial charge in [0.2, 0.25) is 0 Å². The van der Waals surface area contributed by atoms with Gasteiger partial charge in [0, 0.05) is 31.5 Å². The molecule has 0 bridgehead atoms. The first-order valence-corrected chi connectivity index (χ1v) is 8.55. The van der Waals surface area contributed by atoms with E-state index in [1.54, 1.807) is 11.8 Å². The minimum atomic E-state index is -0.740. The van der Waals surface area contributed by atoms with Crippen LogP contribution in [0.4, 0.5) is 4.79 Å². The van der Waals surface area contributed by atoms with Gasteiger partial charge in [-0.3, -0.25) is 0 Å². The summed E-state index contributed by atoms with van der Waals surface area (Å²) < 4.78 is 11.3. The monoisotopic (exact) mass is 345 g/mol. The van der Waals surface area contributed by atoms with Crippen LogP contribution in [0, 0.1) is 0 Å². The summed E-state index contributed by atoms with van der Waals surface area (Å²) in [6.45, 7) is 11.8. The van der Waals surface area contributed by atoms with Gasteiger partial charge in [-0.25, -0.2) is 9.59 Å². The molecule has 25 heavy (non-hydrogen) atoms. The number of piperidine rings is 1. The van der Waals surface area contributed by atoms with Crippen LogP contribution in [0.25, 0.3) is 0 Å². The molecule has 0 radical (unpaired) electrons. The van der Waals surface area contributed by atoms with Crippen LogP contribution in [0.5, 0.6) is 0 Å². The molecule has 0 unspecified atom stereocenters. The zero-order valence-electron chi connectivity index (χ0n) is 15.5. The quantitative estimate of drug-likeness (QED) is 0.613. The SMILES string of the molecule is C=C(C)C(=O)OC1(c2ccccc2)CCN(C(=O)OC(C)(C)C)CC1. The smallest absolute Gasteiger partial charge is 0.410 e. The van der Waals surface area contributed by atoms with E-state index in [0.717, 1.165) is 5.56 Å². The Morgan fingerprint density at radius 3 is 2.16 bits per heavy atom. The Morgan fingerprint density at radius 1 is 1.12 bits per heavy atom. The van der Waals surface area contributed by atoms with Gasteiger partial charge >= 0.3 is 12.1 Å². The van der Waals surface area contributed by atoms with Gasteiger partial charge in [0.1, 0.15) is 11.2 Å². The number of ether oxygens (including phenoxy) is 2. The number of likely N-dealkylation sites (tertiary alicyclic amines) is 1. The topological polar surface area (TPSA) is 55.8 Å². The molecule has 1 aliphatic heterocycles. The van der Waals surface area contributed by atoms with E-state index in [0.29, 0.717) is 31.5 Å². The largest absolute Gasteiger partial charge is 0.451 e. The lowest BCUT2D eigenvalue weighted by Crippen LogP contribution is -2.48. The molecule has 2 rings (SSSR count). The van der Waals surface area contributed by atoms with E-state index in [1.165, 1.54) is 0 Å². The average Bonchev–Trinajstić information content (AvgIpc) is 2.54. The van der Waals surface area contributed by atoms with E-state index < -0.39 is 17.2 Å². The van der Waals surface area contributed by atoms with E-state index in [9.17, 15) is 9.59 Å². The van der Waals surface area contributed by atoms with Crippen LogP contribution in [-0.4, -0.2) is 35.7 Å². The first-order chi connectivity index (χ1) is 11.6. The van der Waals surface area contributed by atoms with Gasteiger partial charge in [-0.15, -0.1) is 0 Å². The molecule has 0 aliphatic carbocycles. The van der Waals surface area contributed by atoms with Crippen molar-refractivity contribution in [2.75, 3.05) is 13.1 Å². The third kappa shape index (κ3) is 4.84. The van der Waals surface area contributed by atoms with Crippen molar-refractivity contribution in [3.8, 4) is 0 Å². The molecule has 1 heterocycles. The minimum absolute atomic E-state index is 0.333. The normalized spacial score (nSPS) is 16.9. The Labute approximate surface area is 149 Å². The molecule has 0 spiro atoms. The van der Waals surface area contributed by atoms with Crippen molar-refractivity contribution in [2.45, 2.75) is 51.7 Å². The predicted octanol–water partition coefficient (Wildman–Crippen LogP) is 4.03. The second kappa shape index (κ2) is 7.30.